The second kappa shape index (κ2) is 3.58. The van der Waals surface area contributed by atoms with Gasteiger partial charge in [0.1, 0.15) is 11.9 Å². The highest BCUT2D eigenvalue weighted by molar-refractivity contribution is 7.80. The third-order valence-electron chi connectivity index (χ3n) is 2.21. The molecule has 0 aliphatic carbocycles. The summed E-state index contributed by atoms with van der Waals surface area (Å²) < 4.78 is 5.76. The number of rotatable bonds is 0. The molecule has 0 spiro atoms. The normalized spacial score (nSPS) is 20.4. The quantitative estimate of drug-likeness (QED) is 0.661. The summed E-state index contributed by atoms with van der Waals surface area (Å²) in [7, 11) is 0. The lowest BCUT2D eigenvalue weighted by molar-refractivity contribution is 0.234. The Bertz CT molecular complexity index is 376. The maximum Gasteiger partial charge on any atom is 0.143 e. The van der Waals surface area contributed by atoms with Gasteiger partial charge in [-0.3, -0.25) is 0 Å². The molecule has 1 atom stereocenters. The van der Waals surface area contributed by atoms with E-state index in [1.54, 1.807) is 0 Å². The zero-order valence-corrected chi connectivity index (χ0v) is 9.15. The highest BCUT2D eigenvalue weighted by atomic mass is 32.1. The lowest BCUT2D eigenvalue weighted by Gasteiger charge is -2.11. The van der Waals surface area contributed by atoms with E-state index in [-0.39, 0.29) is 6.10 Å². The van der Waals surface area contributed by atoms with E-state index in [0.717, 1.165) is 22.8 Å². The molecule has 0 saturated carbocycles. The second-order valence-electron chi connectivity index (χ2n) is 3.68. The fraction of sp³-hybridized carbons (Fsp3) is 0.364. The molecule has 3 heteroatoms. The van der Waals surface area contributed by atoms with E-state index in [1.165, 1.54) is 5.56 Å². The van der Waals surface area contributed by atoms with Crippen LogP contribution in [0.25, 0.3) is 0 Å². The molecular weight excluding hydrogens is 194 g/mol. The van der Waals surface area contributed by atoms with Crippen LogP contribution in [0.3, 0.4) is 0 Å². The van der Waals surface area contributed by atoms with E-state index < -0.39 is 0 Å². The van der Waals surface area contributed by atoms with Crippen molar-refractivity contribution in [1.29, 1.82) is 0 Å². The molecule has 1 aliphatic rings. The van der Waals surface area contributed by atoms with Gasteiger partial charge in [0.2, 0.25) is 0 Å². The van der Waals surface area contributed by atoms with Gasteiger partial charge in [-0.1, -0.05) is 18.3 Å². The molecule has 0 saturated heterocycles. The van der Waals surface area contributed by atoms with Crippen LogP contribution in [0.4, 0.5) is 5.69 Å². The zero-order valence-electron chi connectivity index (χ0n) is 8.33. The smallest absolute Gasteiger partial charge is 0.143 e. The summed E-state index contributed by atoms with van der Waals surface area (Å²) in [6, 6.07) is 6.09. The van der Waals surface area contributed by atoms with Crippen LogP contribution in [0, 0.1) is 6.92 Å². The molecule has 2 nitrogen and oxygen atoms in total. The van der Waals surface area contributed by atoms with Gasteiger partial charge in [0.15, 0.2) is 0 Å². The first-order valence-corrected chi connectivity index (χ1v) is 5.13. The summed E-state index contributed by atoms with van der Waals surface area (Å²) in [6.45, 7) is 4.09. The van der Waals surface area contributed by atoms with Crippen molar-refractivity contribution >= 4 is 22.9 Å². The summed E-state index contributed by atoms with van der Waals surface area (Å²) in [6.07, 6.45) is 0.932. The van der Waals surface area contributed by atoms with Gasteiger partial charge in [0, 0.05) is 6.42 Å². The lowest BCUT2D eigenvalue weighted by Crippen LogP contribution is -2.15. The number of anilines is 1. The first-order chi connectivity index (χ1) is 6.65. The van der Waals surface area contributed by atoms with Gasteiger partial charge < -0.3 is 10.1 Å². The minimum Gasteiger partial charge on any atom is -0.488 e. The average Bonchev–Trinajstić information content (AvgIpc) is 2.21. The van der Waals surface area contributed by atoms with Crippen LogP contribution < -0.4 is 10.1 Å². The molecule has 0 aromatic heterocycles. The van der Waals surface area contributed by atoms with Gasteiger partial charge in [0.25, 0.3) is 0 Å². The van der Waals surface area contributed by atoms with Crippen molar-refractivity contribution in [3.05, 3.63) is 23.8 Å². The van der Waals surface area contributed by atoms with Crippen LogP contribution in [0.1, 0.15) is 18.9 Å². The average molecular weight is 207 g/mol. The van der Waals surface area contributed by atoms with Gasteiger partial charge in [-0.15, -0.1) is 0 Å². The molecule has 1 heterocycles. The number of aryl methyl sites for hydroxylation is 1. The fourth-order valence-corrected chi connectivity index (χ4v) is 1.90. The molecule has 1 N–H and O–H groups in total. The van der Waals surface area contributed by atoms with Crippen molar-refractivity contribution in [1.82, 2.24) is 0 Å². The van der Waals surface area contributed by atoms with Crippen LogP contribution >= 0.6 is 12.2 Å². The van der Waals surface area contributed by atoms with Gasteiger partial charge in [-0.2, -0.15) is 0 Å². The Kier molecular flexibility index (Phi) is 2.42. The minimum atomic E-state index is 0.151. The summed E-state index contributed by atoms with van der Waals surface area (Å²) in [5, 5.41) is 3.19. The third kappa shape index (κ3) is 1.87. The first kappa shape index (κ1) is 9.46. The fourth-order valence-electron chi connectivity index (χ4n) is 1.55. The molecule has 0 amide bonds. The van der Waals surface area contributed by atoms with Crippen LogP contribution in [0.5, 0.6) is 5.75 Å². The van der Waals surface area contributed by atoms with E-state index in [4.69, 9.17) is 17.0 Å². The van der Waals surface area contributed by atoms with Crippen molar-refractivity contribution in [3.8, 4) is 5.75 Å². The van der Waals surface area contributed by atoms with E-state index in [2.05, 4.69) is 12.2 Å². The second-order valence-corrected chi connectivity index (χ2v) is 4.17. The van der Waals surface area contributed by atoms with Crippen LogP contribution in [-0.4, -0.2) is 11.1 Å². The highest BCUT2D eigenvalue weighted by Crippen LogP contribution is 2.29. The Morgan fingerprint density at radius 3 is 3.07 bits per heavy atom. The van der Waals surface area contributed by atoms with Crippen molar-refractivity contribution in [3.63, 3.8) is 0 Å². The molecule has 14 heavy (non-hydrogen) atoms. The van der Waals surface area contributed by atoms with E-state index in [1.807, 2.05) is 25.1 Å². The van der Waals surface area contributed by atoms with Crippen LogP contribution in [0.15, 0.2) is 18.2 Å². The standard InChI is InChI=1S/C11H13NOS/c1-7-3-4-9-10(5-7)13-8(2)6-11(14)12-9/h3-5,8H,6H2,1-2H3,(H,12,14)/t8-/m1/s1. The monoisotopic (exact) mass is 207 g/mol. The third-order valence-corrected chi connectivity index (χ3v) is 2.48. The molecular formula is C11H13NOS. The molecule has 1 aliphatic heterocycles. The number of ether oxygens (including phenoxy) is 1. The molecule has 0 radical (unpaired) electrons. The van der Waals surface area contributed by atoms with Crippen LogP contribution in [-0.2, 0) is 0 Å². The molecule has 0 fully saturated rings. The Hall–Kier alpha value is -1.09. The Morgan fingerprint density at radius 1 is 1.50 bits per heavy atom. The lowest BCUT2D eigenvalue weighted by atomic mass is 10.2. The molecule has 1 aromatic rings. The Balaban J connectivity index is 2.41. The number of benzene rings is 1. The summed E-state index contributed by atoms with van der Waals surface area (Å²) >= 11 is 5.19. The maximum absolute atomic E-state index is 5.76. The van der Waals surface area contributed by atoms with Gasteiger partial charge >= 0.3 is 0 Å². The van der Waals surface area contributed by atoms with Crippen molar-refractivity contribution in [2.75, 3.05) is 5.32 Å². The predicted octanol–water partition coefficient (Wildman–Crippen LogP) is 2.91. The molecule has 0 bridgehead atoms. The molecule has 74 valence electrons. The predicted molar refractivity (Wildman–Crippen MR) is 62.1 cm³/mol. The van der Waals surface area contributed by atoms with Crippen molar-refractivity contribution < 1.29 is 4.74 Å². The molecule has 0 unspecified atom stereocenters. The SMILES string of the molecule is Cc1ccc2c(c1)O[C@H](C)CC(=S)N2. The number of hydrogen-bond donors (Lipinski definition) is 1. The summed E-state index contributed by atoms with van der Waals surface area (Å²) in [5.41, 5.74) is 2.18. The van der Waals surface area contributed by atoms with E-state index in [0.29, 0.717) is 0 Å². The Morgan fingerprint density at radius 2 is 2.29 bits per heavy atom. The Labute approximate surface area is 89.3 Å². The van der Waals surface area contributed by atoms with Crippen LogP contribution in [0.2, 0.25) is 0 Å². The number of thiocarbonyl (C=S) groups is 1. The molecule has 2 rings (SSSR count). The zero-order chi connectivity index (χ0) is 10.1. The summed E-state index contributed by atoms with van der Waals surface area (Å²) in [4.78, 5) is 0.847. The highest BCUT2D eigenvalue weighted by Gasteiger charge is 2.16. The topological polar surface area (TPSA) is 21.3 Å². The van der Waals surface area contributed by atoms with Gasteiger partial charge in [-0.05, 0) is 31.5 Å². The number of hydrogen-bond acceptors (Lipinski definition) is 2. The van der Waals surface area contributed by atoms with Gasteiger partial charge in [0.05, 0.1) is 10.7 Å². The minimum absolute atomic E-state index is 0.151. The van der Waals surface area contributed by atoms with Gasteiger partial charge in [-0.25, -0.2) is 0 Å². The molecule has 1 aromatic carbocycles. The number of nitrogens with one attached hydrogen (secondary N) is 1. The van der Waals surface area contributed by atoms with Crippen molar-refractivity contribution in [2.45, 2.75) is 26.4 Å². The first-order valence-electron chi connectivity index (χ1n) is 4.72. The largest absolute Gasteiger partial charge is 0.488 e. The number of fused-ring (bicyclic) bond motifs is 1. The van der Waals surface area contributed by atoms with E-state index >= 15 is 0 Å². The van der Waals surface area contributed by atoms with E-state index in [9.17, 15) is 0 Å². The summed E-state index contributed by atoms with van der Waals surface area (Å²) in [5.74, 6) is 0.900. The maximum atomic E-state index is 5.76. The van der Waals surface area contributed by atoms with Crippen molar-refractivity contribution in [2.24, 2.45) is 0 Å².